The first-order valence-electron chi connectivity index (χ1n) is 9.67. The molecule has 0 heterocycles. The van der Waals surface area contributed by atoms with Crippen LogP contribution < -0.4 is 21.7 Å². The van der Waals surface area contributed by atoms with Crippen molar-refractivity contribution in [3.8, 4) is 0 Å². The second-order valence-corrected chi connectivity index (χ2v) is 8.41. The summed E-state index contributed by atoms with van der Waals surface area (Å²) in [5, 5.41) is 26.2. The Balaban J connectivity index is 5.25. The lowest BCUT2D eigenvalue weighted by Gasteiger charge is -2.27. The molecule has 0 aliphatic heterocycles. The number of aliphatic carboxylic acids is 1. The molecule has 0 aromatic rings. The van der Waals surface area contributed by atoms with Crippen LogP contribution in [0.25, 0.3) is 0 Å². The number of amides is 3. The van der Waals surface area contributed by atoms with Gasteiger partial charge >= 0.3 is 5.97 Å². The molecule has 0 aliphatic carbocycles. The van der Waals surface area contributed by atoms with Gasteiger partial charge in [0.1, 0.15) is 24.2 Å². The Morgan fingerprint density at radius 2 is 1.60 bits per heavy atom. The summed E-state index contributed by atoms with van der Waals surface area (Å²) >= 11 is 5.53. The number of hydrogen-bond acceptors (Lipinski definition) is 8. The molecule has 0 saturated heterocycles. The van der Waals surface area contributed by atoms with Gasteiger partial charge in [-0.1, -0.05) is 20.3 Å². The van der Waals surface area contributed by atoms with Crippen LogP contribution in [-0.2, 0) is 19.2 Å². The number of thiol groups is 1. The Morgan fingerprint density at radius 3 is 2.03 bits per heavy atom. The van der Waals surface area contributed by atoms with E-state index in [1.165, 1.54) is 18.7 Å². The number of carbonyl (C=O) groups excluding carboxylic acids is 3. The van der Waals surface area contributed by atoms with Crippen molar-refractivity contribution in [2.75, 3.05) is 17.8 Å². The summed E-state index contributed by atoms with van der Waals surface area (Å²) in [5.74, 6) is -2.98. The number of aliphatic hydroxyl groups excluding tert-OH is 1. The molecule has 0 radical (unpaired) electrons. The number of thioether (sulfide) groups is 1. The number of carboxylic acid groups (broad SMARTS) is 1. The van der Waals surface area contributed by atoms with Gasteiger partial charge < -0.3 is 31.9 Å². The third kappa shape index (κ3) is 9.54. The SMILES string of the molecule is CCC(C)C(NC(=O)C(N)C(C)O)C(=O)NC(CS)C(=O)NC(CCSC)C(=O)O. The monoisotopic (exact) mass is 466 g/mol. The number of hydrogen-bond donors (Lipinski definition) is 7. The minimum atomic E-state index is -1.21. The highest BCUT2D eigenvalue weighted by molar-refractivity contribution is 7.98. The van der Waals surface area contributed by atoms with Crippen LogP contribution in [-0.4, -0.2) is 81.9 Å². The molecule has 0 aromatic heterocycles. The van der Waals surface area contributed by atoms with E-state index in [4.69, 9.17) is 5.73 Å². The van der Waals surface area contributed by atoms with Gasteiger partial charge in [-0.05, 0) is 31.3 Å². The van der Waals surface area contributed by atoms with Gasteiger partial charge in [-0.25, -0.2) is 4.79 Å². The fraction of sp³-hybridized carbons (Fsp3) is 0.778. The summed E-state index contributed by atoms with van der Waals surface area (Å²) in [6.45, 7) is 4.94. The van der Waals surface area contributed by atoms with E-state index in [1.54, 1.807) is 6.92 Å². The standard InChI is InChI=1S/C18H34N4O6S2/c1-5-9(2)14(22-16(25)13(19)10(3)23)17(26)21-12(8-29)15(24)20-11(18(27)28)6-7-30-4/h9-14,23,29H,5-8,19H2,1-4H3,(H,20,24)(H,21,26)(H,22,25)(H,27,28). The maximum Gasteiger partial charge on any atom is 0.326 e. The highest BCUT2D eigenvalue weighted by Gasteiger charge is 2.32. The first-order chi connectivity index (χ1) is 14.0. The van der Waals surface area contributed by atoms with Crippen molar-refractivity contribution < 1.29 is 29.4 Å². The van der Waals surface area contributed by atoms with Crippen LogP contribution in [0.3, 0.4) is 0 Å². The van der Waals surface area contributed by atoms with E-state index in [9.17, 15) is 29.4 Å². The molecule has 6 atom stereocenters. The molecule has 10 nitrogen and oxygen atoms in total. The van der Waals surface area contributed by atoms with Gasteiger partial charge in [-0.3, -0.25) is 14.4 Å². The average molecular weight is 467 g/mol. The summed E-state index contributed by atoms with van der Waals surface area (Å²) in [7, 11) is 0. The fourth-order valence-electron chi connectivity index (χ4n) is 2.39. The van der Waals surface area contributed by atoms with Gasteiger partial charge in [0, 0.05) is 5.75 Å². The Hall–Kier alpha value is -1.50. The minimum absolute atomic E-state index is 0.0687. The highest BCUT2D eigenvalue weighted by atomic mass is 32.2. The average Bonchev–Trinajstić information content (AvgIpc) is 2.70. The number of nitrogens with two attached hydrogens (primary N) is 1. The van der Waals surface area contributed by atoms with Crippen molar-refractivity contribution in [1.82, 2.24) is 16.0 Å². The second kappa shape index (κ2) is 14.5. The van der Waals surface area contributed by atoms with Crippen LogP contribution in [0.1, 0.15) is 33.6 Å². The van der Waals surface area contributed by atoms with E-state index in [-0.39, 0.29) is 18.1 Å². The van der Waals surface area contributed by atoms with Gasteiger partial charge in [0.05, 0.1) is 6.10 Å². The molecule has 30 heavy (non-hydrogen) atoms. The summed E-state index contributed by atoms with van der Waals surface area (Å²) in [5.41, 5.74) is 5.62. The predicted molar refractivity (Wildman–Crippen MR) is 119 cm³/mol. The zero-order valence-corrected chi connectivity index (χ0v) is 19.5. The smallest absolute Gasteiger partial charge is 0.326 e. The molecule has 0 fully saturated rings. The summed E-state index contributed by atoms with van der Waals surface area (Å²) < 4.78 is 0. The molecule has 3 amide bonds. The molecule has 0 aliphatic rings. The molecule has 7 N–H and O–H groups in total. The topological polar surface area (TPSA) is 171 Å². The van der Waals surface area contributed by atoms with Crippen LogP contribution in [0.5, 0.6) is 0 Å². The van der Waals surface area contributed by atoms with E-state index in [1.807, 2.05) is 13.2 Å². The van der Waals surface area contributed by atoms with Crippen LogP contribution in [0, 0.1) is 5.92 Å². The number of aliphatic hydroxyl groups is 1. The Kier molecular flexibility index (Phi) is 13.8. The molecular weight excluding hydrogens is 432 g/mol. The van der Waals surface area contributed by atoms with E-state index in [0.29, 0.717) is 12.2 Å². The first kappa shape index (κ1) is 28.5. The molecule has 0 bridgehead atoms. The van der Waals surface area contributed by atoms with Gasteiger partial charge in [0.25, 0.3) is 0 Å². The lowest BCUT2D eigenvalue weighted by molar-refractivity contribution is -0.142. The molecule has 0 rings (SSSR count). The lowest BCUT2D eigenvalue weighted by Crippen LogP contribution is -2.60. The second-order valence-electron chi connectivity index (χ2n) is 7.06. The number of nitrogens with one attached hydrogen (secondary N) is 3. The predicted octanol–water partition coefficient (Wildman–Crippen LogP) is -1.04. The van der Waals surface area contributed by atoms with Gasteiger partial charge in [0.15, 0.2) is 0 Å². The number of carboxylic acids is 1. The molecule has 0 spiro atoms. The van der Waals surface area contributed by atoms with Crippen LogP contribution in [0.2, 0.25) is 0 Å². The minimum Gasteiger partial charge on any atom is -0.480 e. The van der Waals surface area contributed by atoms with E-state index in [0.717, 1.165) is 0 Å². The van der Waals surface area contributed by atoms with Gasteiger partial charge in [-0.15, -0.1) is 0 Å². The Morgan fingerprint density at radius 1 is 1.03 bits per heavy atom. The molecule has 174 valence electrons. The zero-order valence-electron chi connectivity index (χ0n) is 17.8. The van der Waals surface area contributed by atoms with E-state index < -0.39 is 54.0 Å². The number of rotatable bonds is 14. The molecule has 6 unspecified atom stereocenters. The first-order valence-corrected chi connectivity index (χ1v) is 11.7. The molecular formula is C18H34N4O6S2. The van der Waals surface area contributed by atoms with E-state index >= 15 is 0 Å². The van der Waals surface area contributed by atoms with Crippen molar-refractivity contribution in [1.29, 1.82) is 0 Å². The molecule has 0 aromatic carbocycles. The summed E-state index contributed by atoms with van der Waals surface area (Å²) in [6, 6.07) is -4.38. The Bertz CT molecular complexity index is 593. The van der Waals surface area contributed by atoms with Crippen LogP contribution in [0.4, 0.5) is 0 Å². The van der Waals surface area contributed by atoms with Crippen molar-refractivity contribution in [2.45, 2.75) is 63.9 Å². The van der Waals surface area contributed by atoms with Crippen molar-refractivity contribution in [3.05, 3.63) is 0 Å². The fourth-order valence-corrected chi connectivity index (χ4v) is 3.12. The van der Waals surface area contributed by atoms with Gasteiger partial charge in [-0.2, -0.15) is 24.4 Å². The quantitative estimate of drug-likeness (QED) is 0.159. The largest absolute Gasteiger partial charge is 0.480 e. The normalized spacial score (nSPS) is 17.0. The molecule has 0 saturated carbocycles. The van der Waals surface area contributed by atoms with Crippen molar-refractivity contribution in [3.63, 3.8) is 0 Å². The van der Waals surface area contributed by atoms with Gasteiger partial charge in [0.2, 0.25) is 17.7 Å². The number of carbonyl (C=O) groups is 4. The van der Waals surface area contributed by atoms with Crippen LogP contribution in [0.15, 0.2) is 0 Å². The maximum atomic E-state index is 12.8. The van der Waals surface area contributed by atoms with Crippen molar-refractivity contribution >= 4 is 48.1 Å². The summed E-state index contributed by atoms with van der Waals surface area (Å²) in [6.07, 6.45) is 1.51. The van der Waals surface area contributed by atoms with Crippen LogP contribution >= 0.6 is 24.4 Å². The third-order valence-electron chi connectivity index (χ3n) is 4.66. The Labute approximate surface area is 186 Å². The summed E-state index contributed by atoms with van der Waals surface area (Å²) in [4.78, 5) is 48.8. The highest BCUT2D eigenvalue weighted by Crippen LogP contribution is 2.10. The maximum absolute atomic E-state index is 12.8. The van der Waals surface area contributed by atoms with Crippen molar-refractivity contribution in [2.24, 2.45) is 11.7 Å². The third-order valence-corrected chi connectivity index (χ3v) is 5.67. The molecule has 12 heteroatoms. The zero-order chi connectivity index (χ0) is 23.4. The lowest BCUT2D eigenvalue weighted by atomic mass is 9.97. The van der Waals surface area contributed by atoms with E-state index in [2.05, 4.69) is 28.6 Å².